The number of carbonyl (C=O) groups is 2. The number of primary amides is 1. The SMILES string of the molecule is C[C@@H](Oc1ccc(C(F)(F)F)cc1)C(=O)NC(N)=O. The Balaban J connectivity index is 2.68. The van der Waals surface area contributed by atoms with Gasteiger partial charge in [0.15, 0.2) is 6.10 Å². The predicted molar refractivity (Wildman–Crippen MR) is 59.3 cm³/mol. The maximum Gasteiger partial charge on any atom is 0.416 e. The molecule has 104 valence electrons. The Kier molecular flexibility index (Phi) is 4.36. The molecule has 19 heavy (non-hydrogen) atoms. The van der Waals surface area contributed by atoms with Crippen LogP contribution in [0.3, 0.4) is 0 Å². The molecule has 0 saturated heterocycles. The van der Waals surface area contributed by atoms with Gasteiger partial charge >= 0.3 is 12.2 Å². The summed E-state index contributed by atoms with van der Waals surface area (Å²) in [5.41, 5.74) is 3.92. The van der Waals surface area contributed by atoms with Gasteiger partial charge in [0.25, 0.3) is 5.91 Å². The second kappa shape index (κ2) is 5.59. The first kappa shape index (κ1) is 14.8. The summed E-state index contributed by atoms with van der Waals surface area (Å²) in [6.07, 6.45) is -5.50. The van der Waals surface area contributed by atoms with E-state index in [0.717, 1.165) is 24.3 Å². The highest BCUT2D eigenvalue weighted by molar-refractivity contribution is 5.95. The van der Waals surface area contributed by atoms with Crippen LogP contribution in [0.2, 0.25) is 0 Å². The van der Waals surface area contributed by atoms with Gasteiger partial charge in [-0.05, 0) is 31.2 Å². The highest BCUT2D eigenvalue weighted by Crippen LogP contribution is 2.30. The maximum absolute atomic E-state index is 12.3. The van der Waals surface area contributed by atoms with Crippen molar-refractivity contribution in [3.8, 4) is 5.75 Å². The van der Waals surface area contributed by atoms with Crippen molar-refractivity contribution in [3.05, 3.63) is 29.8 Å². The van der Waals surface area contributed by atoms with Crippen molar-refractivity contribution in [1.29, 1.82) is 0 Å². The fourth-order valence-electron chi connectivity index (χ4n) is 1.20. The Morgan fingerprint density at radius 3 is 2.21 bits per heavy atom. The van der Waals surface area contributed by atoms with Gasteiger partial charge in [0.2, 0.25) is 0 Å². The smallest absolute Gasteiger partial charge is 0.416 e. The Morgan fingerprint density at radius 2 is 1.79 bits per heavy atom. The van der Waals surface area contributed by atoms with E-state index in [1.807, 2.05) is 0 Å². The third-order valence-electron chi connectivity index (χ3n) is 2.11. The van der Waals surface area contributed by atoms with Crippen molar-refractivity contribution >= 4 is 11.9 Å². The van der Waals surface area contributed by atoms with Gasteiger partial charge in [0.1, 0.15) is 5.75 Å². The summed E-state index contributed by atoms with van der Waals surface area (Å²) in [6, 6.07) is 2.78. The van der Waals surface area contributed by atoms with Crippen molar-refractivity contribution in [2.24, 2.45) is 5.73 Å². The molecule has 3 amide bonds. The van der Waals surface area contributed by atoms with Crippen LogP contribution >= 0.6 is 0 Å². The zero-order chi connectivity index (χ0) is 14.6. The lowest BCUT2D eigenvalue weighted by Gasteiger charge is -2.14. The third kappa shape index (κ3) is 4.49. The topological polar surface area (TPSA) is 81.4 Å². The van der Waals surface area contributed by atoms with E-state index in [2.05, 4.69) is 0 Å². The molecule has 0 spiro atoms. The minimum absolute atomic E-state index is 0.0696. The molecule has 5 nitrogen and oxygen atoms in total. The first-order valence-electron chi connectivity index (χ1n) is 5.14. The van der Waals surface area contributed by atoms with Crippen LogP contribution in [0.1, 0.15) is 12.5 Å². The lowest BCUT2D eigenvalue weighted by atomic mass is 10.2. The van der Waals surface area contributed by atoms with Gasteiger partial charge < -0.3 is 10.5 Å². The molecule has 1 aromatic rings. The molecule has 3 N–H and O–H groups in total. The van der Waals surface area contributed by atoms with Crippen LogP contribution < -0.4 is 15.8 Å². The molecule has 0 bridgehead atoms. The van der Waals surface area contributed by atoms with Gasteiger partial charge in [-0.2, -0.15) is 13.2 Å². The van der Waals surface area contributed by atoms with Gasteiger partial charge in [0, 0.05) is 0 Å². The van der Waals surface area contributed by atoms with E-state index in [9.17, 15) is 22.8 Å². The lowest BCUT2D eigenvalue weighted by molar-refractivity contribution is -0.137. The van der Waals surface area contributed by atoms with Crippen molar-refractivity contribution < 1.29 is 27.5 Å². The van der Waals surface area contributed by atoms with Crippen LogP contribution in [0.15, 0.2) is 24.3 Å². The van der Waals surface area contributed by atoms with E-state index < -0.39 is 29.8 Å². The molecule has 1 aromatic carbocycles. The number of amides is 3. The standard InChI is InChI=1S/C11H11F3N2O3/c1-6(9(17)16-10(15)18)19-8-4-2-7(3-5-8)11(12,13)14/h2-6H,1H3,(H3,15,16,17,18)/t6-/m1/s1. The third-order valence-corrected chi connectivity index (χ3v) is 2.11. The Bertz CT molecular complexity index is 471. The van der Waals surface area contributed by atoms with Crippen LogP contribution in [0.25, 0.3) is 0 Å². The summed E-state index contributed by atoms with van der Waals surface area (Å²) in [5.74, 6) is -0.715. The number of urea groups is 1. The Labute approximate surface area is 106 Å². The number of hydrogen-bond acceptors (Lipinski definition) is 3. The van der Waals surface area contributed by atoms with Gasteiger partial charge in [-0.1, -0.05) is 0 Å². The zero-order valence-corrected chi connectivity index (χ0v) is 9.82. The van der Waals surface area contributed by atoms with Crippen molar-refractivity contribution in [3.63, 3.8) is 0 Å². The van der Waals surface area contributed by atoms with Crippen LogP contribution in [0, 0.1) is 0 Å². The normalized spacial score (nSPS) is 12.6. The summed E-state index contributed by atoms with van der Waals surface area (Å²) in [6.45, 7) is 1.33. The van der Waals surface area contributed by atoms with E-state index in [1.54, 1.807) is 5.32 Å². The van der Waals surface area contributed by atoms with Crippen LogP contribution in [0.5, 0.6) is 5.75 Å². The van der Waals surface area contributed by atoms with E-state index >= 15 is 0 Å². The fraction of sp³-hybridized carbons (Fsp3) is 0.273. The maximum atomic E-state index is 12.3. The van der Waals surface area contributed by atoms with Gasteiger partial charge in [-0.3, -0.25) is 10.1 Å². The quantitative estimate of drug-likeness (QED) is 0.881. The predicted octanol–water partition coefficient (Wildman–Crippen LogP) is 1.67. The zero-order valence-electron chi connectivity index (χ0n) is 9.82. The summed E-state index contributed by atoms with van der Waals surface area (Å²) >= 11 is 0. The lowest BCUT2D eigenvalue weighted by Crippen LogP contribution is -2.42. The van der Waals surface area contributed by atoms with Crippen LogP contribution in [-0.2, 0) is 11.0 Å². The number of nitrogens with one attached hydrogen (secondary N) is 1. The largest absolute Gasteiger partial charge is 0.481 e. The van der Waals surface area contributed by atoms with Crippen molar-refractivity contribution in [1.82, 2.24) is 5.32 Å². The summed E-state index contributed by atoms with van der Waals surface area (Å²) in [5, 5.41) is 1.79. The molecule has 0 aliphatic heterocycles. The first-order valence-corrected chi connectivity index (χ1v) is 5.14. The summed E-state index contributed by atoms with van der Waals surface area (Å²) < 4.78 is 41.9. The number of imide groups is 1. The number of benzene rings is 1. The van der Waals surface area contributed by atoms with Crippen molar-refractivity contribution in [2.75, 3.05) is 0 Å². The molecule has 1 rings (SSSR count). The van der Waals surface area contributed by atoms with Crippen molar-refractivity contribution in [2.45, 2.75) is 19.2 Å². The van der Waals surface area contributed by atoms with Gasteiger partial charge in [-0.25, -0.2) is 4.79 Å². The molecule has 1 atom stereocenters. The summed E-state index contributed by atoms with van der Waals surface area (Å²) in [7, 11) is 0. The minimum Gasteiger partial charge on any atom is -0.481 e. The second-order valence-corrected chi connectivity index (χ2v) is 3.64. The second-order valence-electron chi connectivity index (χ2n) is 3.64. The van der Waals surface area contributed by atoms with Gasteiger partial charge in [0.05, 0.1) is 5.56 Å². The Hall–Kier alpha value is -2.25. The van der Waals surface area contributed by atoms with Crippen LogP contribution in [0.4, 0.5) is 18.0 Å². The first-order chi connectivity index (χ1) is 8.70. The molecule has 0 heterocycles. The van der Waals surface area contributed by atoms with E-state index in [1.165, 1.54) is 6.92 Å². The number of alkyl halides is 3. The monoisotopic (exact) mass is 276 g/mol. The molecular weight excluding hydrogens is 265 g/mol. The fourth-order valence-corrected chi connectivity index (χ4v) is 1.20. The Morgan fingerprint density at radius 1 is 1.26 bits per heavy atom. The average molecular weight is 276 g/mol. The number of carbonyl (C=O) groups excluding carboxylic acids is 2. The molecule has 0 radical (unpaired) electrons. The number of ether oxygens (including phenoxy) is 1. The molecule has 0 aliphatic rings. The van der Waals surface area contributed by atoms with Crippen LogP contribution in [-0.4, -0.2) is 18.0 Å². The van der Waals surface area contributed by atoms with Gasteiger partial charge in [-0.15, -0.1) is 0 Å². The molecule has 0 aromatic heterocycles. The molecule has 0 fully saturated rings. The number of nitrogens with two attached hydrogens (primary N) is 1. The molecular formula is C11H11F3N2O3. The number of hydrogen-bond donors (Lipinski definition) is 2. The minimum atomic E-state index is -4.44. The van der Waals surface area contributed by atoms with E-state index in [-0.39, 0.29) is 5.75 Å². The summed E-state index contributed by atoms with van der Waals surface area (Å²) in [4.78, 5) is 21.7. The van der Waals surface area contributed by atoms with E-state index in [0.29, 0.717) is 0 Å². The number of rotatable bonds is 3. The average Bonchev–Trinajstić information content (AvgIpc) is 2.27. The number of halogens is 3. The molecule has 0 unspecified atom stereocenters. The highest BCUT2D eigenvalue weighted by atomic mass is 19.4. The molecule has 0 saturated carbocycles. The molecule has 0 aliphatic carbocycles. The molecule has 8 heteroatoms. The highest BCUT2D eigenvalue weighted by Gasteiger charge is 2.30. The van der Waals surface area contributed by atoms with E-state index in [4.69, 9.17) is 10.5 Å².